The molecule has 1 saturated heterocycles. The van der Waals surface area contributed by atoms with Crippen LogP contribution in [0.5, 0.6) is 0 Å². The summed E-state index contributed by atoms with van der Waals surface area (Å²) in [5.74, 6) is -4.52. The van der Waals surface area contributed by atoms with E-state index in [1.807, 2.05) is 4.90 Å². The number of benzene rings is 3. The number of ether oxygens (including phenoxy) is 1. The smallest absolute Gasteiger partial charge is 0.456 e. The molecular weight excluding hydrogens is 748 g/mol. The van der Waals surface area contributed by atoms with Gasteiger partial charge in [0.1, 0.15) is 18.0 Å². The number of anilines is 2. The predicted molar refractivity (Wildman–Crippen MR) is 193 cm³/mol. The summed E-state index contributed by atoms with van der Waals surface area (Å²) in [6.45, 7) is 5.15. The molecule has 0 aliphatic carbocycles. The zero-order chi connectivity index (χ0) is 39.7. The fraction of sp³-hybridized carbons (Fsp3) is 0.324. The van der Waals surface area contributed by atoms with Crippen LogP contribution in [0.15, 0.2) is 67.0 Å². The first-order valence-corrected chi connectivity index (χ1v) is 17.5. The molecule has 6 rings (SSSR count). The van der Waals surface area contributed by atoms with Gasteiger partial charge in [0.15, 0.2) is 5.82 Å². The number of alkyl halides is 3. The number of hydrogen-bond acceptors (Lipinski definition) is 9. The maximum atomic E-state index is 15.3. The first-order valence-electron chi connectivity index (χ1n) is 17.1. The van der Waals surface area contributed by atoms with Crippen LogP contribution in [0.3, 0.4) is 0 Å². The highest BCUT2D eigenvalue weighted by Gasteiger charge is 2.43. The monoisotopic (exact) mass is 782 g/mol. The van der Waals surface area contributed by atoms with Crippen molar-refractivity contribution in [1.29, 1.82) is 0 Å². The Bertz CT molecular complexity index is 2130. The largest absolute Gasteiger partial charge is 0.471 e. The van der Waals surface area contributed by atoms with Crippen molar-refractivity contribution < 1.29 is 41.5 Å². The first-order chi connectivity index (χ1) is 26.0. The van der Waals surface area contributed by atoms with Gasteiger partial charge in [-0.2, -0.15) is 17.9 Å². The summed E-state index contributed by atoms with van der Waals surface area (Å²) in [5, 5.41) is 13.6. The Balaban J connectivity index is 1.31. The van der Waals surface area contributed by atoms with Gasteiger partial charge in [0, 0.05) is 55.7 Å². The minimum absolute atomic E-state index is 0.0350. The maximum Gasteiger partial charge on any atom is 0.471 e. The molecule has 1 unspecified atom stereocenters. The van der Waals surface area contributed by atoms with E-state index in [1.165, 1.54) is 58.4 Å². The molecule has 3 amide bonds. The topological polar surface area (TPSA) is 143 Å². The van der Waals surface area contributed by atoms with Crippen LogP contribution in [0.4, 0.5) is 28.9 Å². The molecule has 3 heterocycles. The van der Waals surface area contributed by atoms with Gasteiger partial charge in [-0.15, -0.1) is 5.10 Å². The van der Waals surface area contributed by atoms with Crippen LogP contribution >= 0.6 is 11.6 Å². The van der Waals surface area contributed by atoms with Crippen LogP contribution in [-0.2, 0) is 25.5 Å². The third kappa shape index (κ3) is 8.61. The molecule has 1 N–H and O–H groups in total. The van der Waals surface area contributed by atoms with Crippen molar-refractivity contribution in [3.63, 3.8) is 0 Å². The molecule has 288 valence electrons. The second-order valence-corrected chi connectivity index (χ2v) is 14.2. The van der Waals surface area contributed by atoms with E-state index in [0.717, 1.165) is 11.0 Å². The lowest BCUT2D eigenvalue weighted by atomic mass is 9.89. The quantitative estimate of drug-likeness (QED) is 0.148. The Morgan fingerprint density at radius 1 is 0.927 bits per heavy atom. The lowest BCUT2D eigenvalue weighted by molar-refractivity contribution is -0.185. The Morgan fingerprint density at radius 2 is 1.64 bits per heavy atom. The zero-order valence-corrected chi connectivity index (χ0v) is 30.6. The van der Waals surface area contributed by atoms with E-state index in [2.05, 4.69) is 20.8 Å². The van der Waals surface area contributed by atoms with Gasteiger partial charge in [-0.05, 0) is 97.3 Å². The second-order valence-electron chi connectivity index (χ2n) is 13.8. The summed E-state index contributed by atoms with van der Waals surface area (Å²) < 4.78 is 61.3. The van der Waals surface area contributed by atoms with Crippen molar-refractivity contribution in [2.24, 2.45) is 0 Å². The van der Waals surface area contributed by atoms with Gasteiger partial charge in [0.2, 0.25) is 5.91 Å². The van der Waals surface area contributed by atoms with Crippen molar-refractivity contribution in [2.75, 3.05) is 42.9 Å². The lowest BCUT2D eigenvalue weighted by Gasteiger charge is -2.41. The number of halogens is 5. The van der Waals surface area contributed by atoms with E-state index in [0.29, 0.717) is 22.5 Å². The van der Waals surface area contributed by atoms with Gasteiger partial charge in [-0.1, -0.05) is 23.7 Å². The summed E-state index contributed by atoms with van der Waals surface area (Å²) in [4.78, 5) is 56.6. The van der Waals surface area contributed by atoms with E-state index in [4.69, 9.17) is 16.3 Å². The standard InChI is InChI=1S/C37H35ClF4N8O5/c1-36(2,3)55-34(53)22-7-9-23(10-8-22)44-33(52)32-25-5-4-6-28(47-17-19-48(20-18-47)35(54)37(40,41)42)24(25)15-16-49(32)30(51)14-11-26-29(50-21-43-45-46-50)13-12-27(38)31(26)39/h4-14,21,32H,15-20H2,1-3H3,(H,44,52)/b14-11+. The van der Waals surface area contributed by atoms with E-state index in [1.54, 1.807) is 39.0 Å². The normalized spacial score (nSPS) is 16.2. The molecule has 0 radical (unpaired) electrons. The molecule has 0 bridgehead atoms. The van der Waals surface area contributed by atoms with E-state index >= 15 is 4.39 Å². The number of tetrazole rings is 1. The number of fused-ring (bicyclic) bond motifs is 1. The molecule has 18 heteroatoms. The molecule has 13 nitrogen and oxygen atoms in total. The first kappa shape index (κ1) is 38.9. The number of nitrogens with one attached hydrogen (secondary N) is 1. The van der Waals surface area contributed by atoms with Gasteiger partial charge in [-0.25, -0.2) is 9.18 Å². The van der Waals surface area contributed by atoms with Crippen LogP contribution < -0.4 is 10.2 Å². The van der Waals surface area contributed by atoms with Crippen molar-refractivity contribution in [3.05, 3.63) is 100 Å². The Morgan fingerprint density at radius 3 is 2.27 bits per heavy atom. The van der Waals surface area contributed by atoms with Crippen molar-refractivity contribution in [1.82, 2.24) is 30.0 Å². The summed E-state index contributed by atoms with van der Waals surface area (Å²) in [7, 11) is 0. The number of hydrogen-bond donors (Lipinski definition) is 1. The number of amides is 3. The third-order valence-electron chi connectivity index (χ3n) is 8.96. The second kappa shape index (κ2) is 15.5. The molecule has 2 aliphatic rings. The van der Waals surface area contributed by atoms with E-state index in [9.17, 15) is 32.3 Å². The number of piperazine rings is 1. The summed E-state index contributed by atoms with van der Waals surface area (Å²) in [6.07, 6.45) is -1.14. The summed E-state index contributed by atoms with van der Waals surface area (Å²) >= 11 is 6.07. The number of rotatable bonds is 7. The third-order valence-corrected chi connectivity index (χ3v) is 9.25. The molecule has 2 aliphatic heterocycles. The van der Waals surface area contributed by atoms with Gasteiger partial charge >= 0.3 is 18.1 Å². The number of carbonyl (C=O) groups is 4. The molecule has 3 aromatic carbocycles. The van der Waals surface area contributed by atoms with Gasteiger partial charge in [-0.3, -0.25) is 14.4 Å². The number of esters is 1. The van der Waals surface area contributed by atoms with Crippen LogP contribution in [0.1, 0.15) is 53.9 Å². The maximum absolute atomic E-state index is 15.3. The van der Waals surface area contributed by atoms with Crippen molar-refractivity contribution >= 4 is 52.7 Å². The van der Waals surface area contributed by atoms with Crippen molar-refractivity contribution in [2.45, 2.75) is 45.0 Å². The predicted octanol–water partition coefficient (Wildman–Crippen LogP) is 5.40. The van der Waals surface area contributed by atoms with Gasteiger partial charge in [0.25, 0.3) is 5.91 Å². The van der Waals surface area contributed by atoms with Crippen LogP contribution in [0.25, 0.3) is 11.8 Å². The Kier molecular flexibility index (Phi) is 10.9. The molecule has 55 heavy (non-hydrogen) atoms. The molecule has 1 aromatic heterocycles. The zero-order valence-electron chi connectivity index (χ0n) is 29.8. The Hall–Kier alpha value is -5.84. The van der Waals surface area contributed by atoms with Crippen molar-refractivity contribution in [3.8, 4) is 5.69 Å². The minimum atomic E-state index is -4.98. The number of aromatic nitrogens is 4. The average molecular weight is 783 g/mol. The average Bonchev–Trinajstić information content (AvgIpc) is 3.68. The highest BCUT2D eigenvalue weighted by atomic mass is 35.5. The molecule has 0 spiro atoms. The summed E-state index contributed by atoms with van der Waals surface area (Å²) in [5.41, 5.74) is 1.80. The highest BCUT2D eigenvalue weighted by molar-refractivity contribution is 6.31. The lowest BCUT2D eigenvalue weighted by Crippen LogP contribution is -2.53. The number of carbonyl (C=O) groups excluding carboxylic acids is 4. The van der Waals surface area contributed by atoms with E-state index < -0.39 is 47.3 Å². The number of nitrogens with zero attached hydrogens (tertiary/aromatic N) is 7. The van der Waals surface area contributed by atoms with Gasteiger partial charge < -0.3 is 24.8 Å². The molecule has 4 aromatic rings. The van der Waals surface area contributed by atoms with Gasteiger partial charge in [0.05, 0.1) is 16.3 Å². The molecule has 1 atom stereocenters. The minimum Gasteiger partial charge on any atom is -0.456 e. The molecule has 1 fully saturated rings. The summed E-state index contributed by atoms with van der Waals surface area (Å²) in [6, 6.07) is 12.8. The van der Waals surface area contributed by atoms with Crippen LogP contribution in [0.2, 0.25) is 5.02 Å². The molecule has 0 saturated carbocycles. The molecular formula is C37H35ClF4N8O5. The fourth-order valence-corrected chi connectivity index (χ4v) is 6.63. The SMILES string of the molecule is CC(C)(C)OC(=O)c1ccc(NC(=O)C2c3cccc(N4CCN(C(=O)C(F)(F)F)CC4)c3CCN2C(=O)/C=C/c2c(-n3cnnn3)ccc(Cl)c2F)cc1. The highest BCUT2D eigenvalue weighted by Crippen LogP contribution is 2.37. The van der Waals surface area contributed by atoms with Crippen LogP contribution in [-0.4, -0.2) is 98.2 Å². The fourth-order valence-electron chi connectivity index (χ4n) is 6.47. The van der Waals surface area contributed by atoms with Crippen LogP contribution in [0, 0.1) is 5.82 Å². The Labute approximate surface area is 317 Å². The van der Waals surface area contributed by atoms with E-state index in [-0.39, 0.29) is 61.0 Å².